The minimum atomic E-state index is -1.86. The number of para-hydroxylation sites is 1. The van der Waals surface area contributed by atoms with Crippen molar-refractivity contribution < 1.29 is 38.2 Å². The largest absolute Gasteiger partial charge is 0.457 e. The molecule has 2 aromatic carbocycles. The number of aliphatic hydroxyl groups is 1. The van der Waals surface area contributed by atoms with Crippen LogP contribution in [0.2, 0.25) is 0 Å². The first-order chi connectivity index (χ1) is 24.7. The number of carbonyl (C=O) groups is 5. The van der Waals surface area contributed by atoms with E-state index >= 15 is 14.0 Å². The van der Waals surface area contributed by atoms with Gasteiger partial charge in [0.15, 0.2) is 15.8 Å². The molecule has 17 heteroatoms. The monoisotopic (exact) mass is 781 g/mol. The number of halogens is 1. The number of benzene rings is 2. The Hall–Kier alpha value is -3.12. The Morgan fingerprint density at radius 2 is 1.48 bits per heavy atom. The molecule has 1 saturated carbocycles. The molecule has 12 nitrogen and oxygen atoms in total. The minimum Gasteiger partial charge on any atom is -0.457 e. The number of likely N-dealkylation sites (N-methyl/N-ethyl adjacent to an activating group) is 2. The molecular weight excluding hydrogens is 750 g/mol. The Bertz CT molecular complexity index is 2160. The van der Waals surface area contributed by atoms with Gasteiger partial charge in [0.1, 0.15) is 18.1 Å². The van der Waals surface area contributed by atoms with Gasteiger partial charge in [-0.25, -0.2) is 4.39 Å². The molecule has 2 aliphatic carbocycles. The summed E-state index contributed by atoms with van der Waals surface area (Å²) in [6.07, 6.45) is -2.96. The van der Waals surface area contributed by atoms with E-state index in [4.69, 9.17) is 4.74 Å². The van der Waals surface area contributed by atoms with E-state index in [-0.39, 0.29) is 12.3 Å². The molecule has 0 radical (unpaired) electrons. The van der Waals surface area contributed by atoms with Crippen LogP contribution in [0.5, 0.6) is 0 Å². The number of hydrogen-bond donors (Lipinski definition) is 2. The molecule has 9 heterocycles. The van der Waals surface area contributed by atoms with Crippen LogP contribution in [0.3, 0.4) is 0 Å². The highest BCUT2D eigenvalue weighted by Crippen LogP contribution is 2.79. The lowest BCUT2D eigenvalue weighted by Crippen LogP contribution is -2.77. The van der Waals surface area contributed by atoms with Crippen molar-refractivity contribution >= 4 is 78.5 Å². The molecule has 2 spiro atoms. The van der Waals surface area contributed by atoms with E-state index in [1.165, 1.54) is 53.3 Å². The number of amides is 4. The molecule has 9 fully saturated rings. The Kier molecular flexibility index (Phi) is 5.83. The lowest BCUT2D eigenvalue weighted by atomic mass is 9.51. The zero-order valence-electron chi connectivity index (χ0n) is 28.2. The van der Waals surface area contributed by atoms with Gasteiger partial charge in [-0.1, -0.05) is 45.9 Å². The first kappa shape index (κ1) is 32.3. The van der Waals surface area contributed by atoms with Crippen molar-refractivity contribution in [1.82, 2.24) is 19.6 Å². The third-order valence-corrected chi connectivity index (χ3v) is 21.0. The molecule has 9 aliphatic heterocycles. The van der Waals surface area contributed by atoms with Gasteiger partial charge in [-0.2, -0.15) is 0 Å². The van der Waals surface area contributed by atoms with E-state index in [2.05, 4.69) is 5.32 Å². The number of ether oxygens (including phenoxy) is 1. The highest BCUT2D eigenvalue weighted by Gasteiger charge is 2.93. The minimum absolute atomic E-state index is 0.146. The van der Waals surface area contributed by atoms with Crippen molar-refractivity contribution in [2.75, 3.05) is 19.4 Å². The van der Waals surface area contributed by atoms with Gasteiger partial charge >= 0.3 is 5.97 Å². The number of anilines is 1. The number of aliphatic hydroxyl groups excluding tert-OH is 1. The van der Waals surface area contributed by atoms with Crippen molar-refractivity contribution in [2.24, 2.45) is 5.92 Å². The molecule has 10 atom stereocenters. The van der Waals surface area contributed by atoms with Crippen molar-refractivity contribution in [2.45, 2.75) is 87.8 Å². The molecule has 4 bridgehead atoms. The summed E-state index contributed by atoms with van der Waals surface area (Å²) in [6, 6.07) is 10.6. The summed E-state index contributed by atoms with van der Waals surface area (Å²) in [5.74, 6) is -3.24. The Labute approximate surface area is 313 Å². The van der Waals surface area contributed by atoms with Crippen molar-refractivity contribution in [3.05, 3.63) is 65.0 Å². The van der Waals surface area contributed by atoms with Crippen LogP contribution in [0.1, 0.15) is 43.4 Å². The summed E-state index contributed by atoms with van der Waals surface area (Å²) in [6.45, 7) is 3.37. The second-order valence-electron chi connectivity index (χ2n) is 15.6. The van der Waals surface area contributed by atoms with Crippen LogP contribution in [-0.4, -0.2) is 112 Å². The van der Waals surface area contributed by atoms with Crippen LogP contribution in [0.4, 0.5) is 10.1 Å². The van der Waals surface area contributed by atoms with Crippen molar-refractivity contribution in [3.63, 3.8) is 0 Å². The van der Waals surface area contributed by atoms with Crippen LogP contribution in [0.15, 0.2) is 42.5 Å². The first-order valence-electron chi connectivity index (χ1n) is 17.2. The van der Waals surface area contributed by atoms with E-state index in [0.29, 0.717) is 35.2 Å². The van der Waals surface area contributed by atoms with Crippen molar-refractivity contribution in [3.8, 4) is 0 Å². The van der Waals surface area contributed by atoms with Gasteiger partial charge in [0.25, 0.3) is 23.6 Å². The smallest absolute Gasteiger partial charge is 0.309 e. The predicted octanol–water partition coefficient (Wildman–Crippen LogP) is 2.60. The van der Waals surface area contributed by atoms with Crippen LogP contribution in [0.25, 0.3) is 0 Å². The highest BCUT2D eigenvalue weighted by molar-refractivity contribution is 8.78. The van der Waals surface area contributed by atoms with Crippen LogP contribution < -0.4 is 5.32 Å². The number of carbonyl (C=O) groups excluding carboxylic acids is 5. The molecule has 4 amide bonds. The summed E-state index contributed by atoms with van der Waals surface area (Å²) in [4.78, 5) is 73.6. The SMILES string of the molecule is CN1C(=O)[C@]23SS[C@@]1(C)C(=O)N2[C@H]1Cc2ccc(F)cc2[C@@]1([C@@]12c4ccccc4N[C@@H]1N1C(=O)[C@]4(C)SS[C@]1(C(=O)N4C)[C@H]2OC(=O)C1CC1)[C@@H]3O. The van der Waals surface area contributed by atoms with Crippen molar-refractivity contribution in [1.29, 1.82) is 0 Å². The zero-order valence-corrected chi connectivity index (χ0v) is 31.5. The maximum atomic E-state index is 15.9. The summed E-state index contributed by atoms with van der Waals surface area (Å²) in [5.41, 5.74) is -1.40. The van der Waals surface area contributed by atoms with E-state index in [1.807, 2.05) is 18.2 Å². The summed E-state index contributed by atoms with van der Waals surface area (Å²) in [7, 11) is 7.82. The third kappa shape index (κ3) is 2.95. The zero-order chi connectivity index (χ0) is 36.3. The lowest BCUT2D eigenvalue weighted by molar-refractivity contribution is -0.173. The number of rotatable bonds is 3. The number of fused-ring (bicyclic) bond motifs is 11. The topological polar surface area (TPSA) is 140 Å². The summed E-state index contributed by atoms with van der Waals surface area (Å²) >= 11 is 0. The van der Waals surface area contributed by atoms with Gasteiger partial charge in [0.05, 0.1) is 22.8 Å². The molecule has 13 rings (SSSR count). The molecule has 0 aromatic heterocycles. The standard InChI is InChI=1S/C35H32FN5O7S4/c1-30-26(44)40-21-13-16-11-12-17(36)14-19(16)32(21,23(43)34(40,51-49-30)28(46)38(30)3)33-18-7-5-6-8-20(18)37-25(33)41-27(45)31(2)39(4)29(47)35(41,52-50-31)24(33)48-22(42)15-9-10-15/h5-8,11-12,14-15,21,23-25,37,43H,9-10,13H2,1-4H3/t21-,23-,24-,25+,30-,31-,32-,33+,34-,35-/m0/s1. The highest BCUT2D eigenvalue weighted by atomic mass is 33.1. The normalized spacial score (nSPS) is 44.4. The average Bonchev–Trinajstić information content (AvgIpc) is 3.74. The predicted molar refractivity (Wildman–Crippen MR) is 192 cm³/mol. The van der Waals surface area contributed by atoms with Gasteiger partial charge in [0.2, 0.25) is 9.74 Å². The number of nitrogens with one attached hydrogen (secondary N) is 1. The fourth-order valence-electron chi connectivity index (χ4n) is 10.9. The van der Waals surface area contributed by atoms with Gasteiger partial charge < -0.3 is 29.9 Å². The second kappa shape index (κ2) is 9.39. The fraction of sp³-hybridized carbons (Fsp3) is 0.514. The molecule has 0 unspecified atom stereocenters. The van der Waals surface area contributed by atoms with E-state index < -0.39 is 90.2 Å². The second-order valence-corrected chi connectivity index (χ2v) is 21.1. The van der Waals surface area contributed by atoms with Crippen LogP contribution in [0, 0.1) is 11.7 Å². The molecule has 2 N–H and O–H groups in total. The lowest BCUT2D eigenvalue weighted by Gasteiger charge is -2.58. The molecule has 52 heavy (non-hydrogen) atoms. The average molecular weight is 782 g/mol. The molecule has 11 aliphatic rings. The van der Waals surface area contributed by atoms with Gasteiger partial charge in [-0.05, 0) is 89.6 Å². The summed E-state index contributed by atoms with van der Waals surface area (Å²) < 4.78 is 22.6. The Balaban J connectivity index is 1.30. The molecule has 270 valence electrons. The third-order valence-electron chi connectivity index (χ3n) is 13.6. The van der Waals surface area contributed by atoms with Gasteiger partial charge in [-0.3, -0.25) is 28.9 Å². The quantitative estimate of drug-likeness (QED) is 0.350. The van der Waals surface area contributed by atoms with Crippen LogP contribution in [-0.2, 0) is 46.0 Å². The van der Waals surface area contributed by atoms with Gasteiger partial charge in [-0.15, -0.1) is 0 Å². The van der Waals surface area contributed by atoms with E-state index in [0.717, 1.165) is 21.6 Å². The number of piperazine rings is 2. The van der Waals surface area contributed by atoms with Crippen LogP contribution >= 0.6 is 43.2 Å². The number of nitrogens with zero attached hydrogens (tertiary/aromatic N) is 4. The number of esters is 1. The van der Waals surface area contributed by atoms with Gasteiger partial charge in [0, 0.05) is 19.8 Å². The molecule has 8 saturated heterocycles. The molecular formula is C35H32FN5O7S4. The fourth-order valence-corrected chi connectivity index (χ4v) is 18.1. The Morgan fingerprint density at radius 3 is 2.17 bits per heavy atom. The maximum Gasteiger partial charge on any atom is 0.309 e. The first-order valence-corrected chi connectivity index (χ1v) is 21.5. The maximum absolute atomic E-state index is 15.9. The molecule has 2 aromatic rings. The van der Waals surface area contributed by atoms with E-state index in [1.54, 1.807) is 40.1 Å². The van der Waals surface area contributed by atoms with E-state index in [9.17, 15) is 19.5 Å². The number of hydrogen-bond acceptors (Lipinski definition) is 12. The summed E-state index contributed by atoms with van der Waals surface area (Å²) in [5, 5.41) is 17.2. The Morgan fingerprint density at radius 1 is 0.846 bits per heavy atom.